The Morgan fingerprint density at radius 1 is 1.17 bits per heavy atom. The van der Waals surface area contributed by atoms with Crippen LogP contribution in [0.4, 0.5) is 5.00 Å². The quantitative estimate of drug-likeness (QED) is 0.728. The first-order valence-electron chi connectivity index (χ1n) is 10.3. The maximum atomic E-state index is 13.0. The molecule has 0 bridgehead atoms. The monoisotopic (exact) mass is 423 g/mol. The van der Waals surface area contributed by atoms with Crippen LogP contribution in [0.15, 0.2) is 30.5 Å². The van der Waals surface area contributed by atoms with Crippen LogP contribution >= 0.6 is 11.3 Å². The molecule has 1 aliphatic carbocycles. The van der Waals surface area contributed by atoms with Gasteiger partial charge in [0.1, 0.15) is 5.00 Å². The third-order valence-electron chi connectivity index (χ3n) is 5.77. The molecule has 0 radical (unpaired) electrons. The van der Waals surface area contributed by atoms with Gasteiger partial charge in [0.2, 0.25) is 11.8 Å². The highest BCUT2D eigenvalue weighted by Gasteiger charge is 2.30. The summed E-state index contributed by atoms with van der Waals surface area (Å²) in [4.78, 5) is 40.0. The van der Waals surface area contributed by atoms with Crippen LogP contribution in [-0.2, 0) is 22.4 Å². The van der Waals surface area contributed by atoms with E-state index in [0.717, 1.165) is 53.7 Å². The molecule has 2 aliphatic rings. The van der Waals surface area contributed by atoms with E-state index in [-0.39, 0.29) is 18.2 Å². The van der Waals surface area contributed by atoms with Crippen molar-refractivity contribution in [2.24, 2.45) is 5.73 Å². The Bertz CT molecular complexity index is 1040. The Morgan fingerprint density at radius 2 is 1.93 bits per heavy atom. The zero-order chi connectivity index (χ0) is 21.3. The third kappa shape index (κ3) is 3.89. The predicted octanol–water partition coefficient (Wildman–Crippen LogP) is 4.02. The number of nitrogens with one attached hydrogen (secondary N) is 1. The molecule has 0 saturated heterocycles. The van der Waals surface area contributed by atoms with Crippen LogP contribution in [-0.4, -0.2) is 22.6 Å². The number of rotatable bonds is 4. The highest BCUT2D eigenvalue weighted by atomic mass is 32.1. The summed E-state index contributed by atoms with van der Waals surface area (Å²) in [5.74, 6) is -0.865. The number of nitrogens with zero attached hydrogens (tertiary/aromatic N) is 1. The number of aryl methyl sites for hydroxylation is 1. The fraction of sp³-hybridized carbons (Fsp3) is 0.348. The van der Waals surface area contributed by atoms with Gasteiger partial charge in [-0.2, -0.15) is 0 Å². The molecule has 30 heavy (non-hydrogen) atoms. The molecule has 156 valence electrons. The standard InChI is InChI=1S/C23H25N3O3S/c1-14(27)26-12-11-15-7-5-6-8-16(15)18(26)13-20(28)25-23-21(22(24)29)17-9-3-2-4-10-19(17)30-23/h5-8,11-12,18H,2-4,9-10,13H2,1H3,(H2,24,29)(H,25,28). The molecular formula is C23H25N3O3S. The Labute approximate surface area is 179 Å². The van der Waals surface area contributed by atoms with Crippen LogP contribution in [0.2, 0.25) is 0 Å². The summed E-state index contributed by atoms with van der Waals surface area (Å²) >= 11 is 1.46. The van der Waals surface area contributed by atoms with Gasteiger partial charge in [-0.05, 0) is 48.4 Å². The number of thiophene rings is 1. The van der Waals surface area contributed by atoms with Crippen LogP contribution in [0.3, 0.4) is 0 Å². The van der Waals surface area contributed by atoms with Crippen molar-refractivity contribution >= 4 is 40.1 Å². The first-order valence-corrected chi connectivity index (χ1v) is 11.1. The normalized spacial score (nSPS) is 17.6. The number of fused-ring (bicyclic) bond motifs is 2. The summed E-state index contributed by atoms with van der Waals surface area (Å²) in [6, 6.07) is 7.35. The average molecular weight is 424 g/mol. The predicted molar refractivity (Wildman–Crippen MR) is 118 cm³/mol. The van der Waals surface area contributed by atoms with E-state index in [1.54, 1.807) is 11.1 Å². The molecule has 2 aromatic rings. The van der Waals surface area contributed by atoms with Crippen LogP contribution in [0.25, 0.3) is 6.08 Å². The number of carbonyl (C=O) groups excluding carboxylic acids is 3. The lowest BCUT2D eigenvalue weighted by Gasteiger charge is -2.32. The third-order valence-corrected chi connectivity index (χ3v) is 6.98. The molecule has 1 atom stereocenters. The van der Waals surface area contributed by atoms with E-state index in [1.807, 2.05) is 30.3 Å². The average Bonchev–Trinajstić information content (AvgIpc) is 2.88. The van der Waals surface area contributed by atoms with E-state index >= 15 is 0 Å². The molecule has 3 N–H and O–H groups in total. The number of hydrogen-bond donors (Lipinski definition) is 2. The van der Waals surface area contributed by atoms with E-state index in [2.05, 4.69) is 5.32 Å². The number of carbonyl (C=O) groups is 3. The molecule has 0 saturated carbocycles. The topological polar surface area (TPSA) is 92.5 Å². The zero-order valence-corrected chi connectivity index (χ0v) is 17.8. The molecule has 0 spiro atoms. The number of amides is 3. The summed E-state index contributed by atoms with van der Waals surface area (Å²) < 4.78 is 0. The number of anilines is 1. The highest BCUT2D eigenvalue weighted by Crippen LogP contribution is 2.38. The Morgan fingerprint density at radius 3 is 2.70 bits per heavy atom. The summed E-state index contributed by atoms with van der Waals surface area (Å²) in [5, 5.41) is 3.46. The fourth-order valence-corrected chi connectivity index (χ4v) is 5.67. The van der Waals surface area contributed by atoms with Crippen molar-refractivity contribution in [3.8, 4) is 0 Å². The number of nitrogens with two attached hydrogens (primary N) is 1. The van der Waals surface area contributed by atoms with Gasteiger partial charge >= 0.3 is 0 Å². The number of benzene rings is 1. The lowest BCUT2D eigenvalue weighted by Crippen LogP contribution is -2.33. The molecule has 4 rings (SSSR count). The molecule has 6 nitrogen and oxygen atoms in total. The van der Waals surface area contributed by atoms with Crippen molar-refractivity contribution in [2.75, 3.05) is 5.32 Å². The SMILES string of the molecule is CC(=O)N1C=Cc2ccccc2C1CC(=O)Nc1sc2c(c1C(N)=O)CCCCC2. The van der Waals surface area contributed by atoms with E-state index in [4.69, 9.17) is 5.73 Å². The first-order chi connectivity index (χ1) is 14.5. The summed E-state index contributed by atoms with van der Waals surface area (Å²) in [6.45, 7) is 1.49. The zero-order valence-electron chi connectivity index (χ0n) is 16.9. The second-order valence-corrected chi connectivity index (χ2v) is 8.88. The van der Waals surface area contributed by atoms with Crippen molar-refractivity contribution < 1.29 is 14.4 Å². The summed E-state index contributed by atoms with van der Waals surface area (Å²) in [5.41, 5.74) is 9.05. The van der Waals surface area contributed by atoms with Gasteiger partial charge < -0.3 is 16.0 Å². The summed E-state index contributed by atoms with van der Waals surface area (Å²) in [6.07, 6.45) is 8.68. The van der Waals surface area contributed by atoms with Gasteiger partial charge in [0, 0.05) is 18.0 Å². The van der Waals surface area contributed by atoms with Gasteiger partial charge in [0.15, 0.2) is 0 Å². The molecule has 0 fully saturated rings. The second-order valence-electron chi connectivity index (χ2n) is 7.77. The van der Waals surface area contributed by atoms with E-state index < -0.39 is 11.9 Å². The molecule has 1 aliphatic heterocycles. The highest BCUT2D eigenvalue weighted by molar-refractivity contribution is 7.17. The maximum absolute atomic E-state index is 13.0. The fourth-order valence-electron chi connectivity index (χ4n) is 4.36. The summed E-state index contributed by atoms with van der Waals surface area (Å²) in [7, 11) is 0. The van der Waals surface area contributed by atoms with E-state index in [1.165, 1.54) is 18.3 Å². The van der Waals surface area contributed by atoms with Gasteiger partial charge in [-0.3, -0.25) is 14.4 Å². The molecule has 7 heteroatoms. The maximum Gasteiger partial charge on any atom is 0.251 e. The minimum Gasteiger partial charge on any atom is -0.365 e. The molecule has 1 unspecified atom stereocenters. The van der Waals surface area contributed by atoms with Gasteiger partial charge in [-0.15, -0.1) is 11.3 Å². The number of hydrogen-bond acceptors (Lipinski definition) is 4. The largest absolute Gasteiger partial charge is 0.365 e. The molecular weight excluding hydrogens is 398 g/mol. The van der Waals surface area contributed by atoms with Crippen molar-refractivity contribution in [2.45, 2.75) is 51.5 Å². The van der Waals surface area contributed by atoms with Gasteiger partial charge in [-0.1, -0.05) is 30.7 Å². The lowest BCUT2D eigenvalue weighted by atomic mass is 9.93. The van der Waals surface area contributed by atoms with Crippen LogP contribution < -0.4 is 11.1 Å². The molecule has 3 amide bonds. The van der Waals surface area contributed by atoms with Crippen LogP contribution in [0.1, 0.15) is 70.6 Å². The Kier molecular flexibility index (Phi) is 5.72. The van der Waals surface area contributed by atoms with Crippen molar-refractivity contribution in [1.29, 1.82) is 0 Å². The molecule has 1 aromatic heterocycles. The second kappa shape index (κ2) is 8.44. The lowest BCUT2D eigenvalue weighted by molar-refractivity contribution is -0.129. The minimum absolute atomic E-state index is 0.0989. The minimum atomic E-state index is -0.499. The van der Waals surface area contributed by atoms with E-state index in [0.29, 0.717) is 10.6 Å². The Balaban J connectivity index is 1.60. The van der Waals surface area contributed by atoms with Crippen molar-refractivity contribution in [3.05, 3.63) is 57.6 Å². The number of primary amides is 1. The van der Waals surface area contributed by atoms with E-state index in [9.17, 15) is 14.4 Å². The first kappa shape index (κ1) is 20.3. The Hall–Kier alpha value is -2.93. The van der Waals surface area contributed by atoms with Gasteiger partial charge in [-0.25, -0.2) is 0 Å². The molecule has 2 heterocycles. The smallest absolute Gasteiger partial charge is 0.251 e. The van der Waals surface area contributed by atoms with Crippen LogP contribution in [0, 0.1) is 0 Å². The van der Waals surface area contributed by atoms with Gasteiger partial charge in [0.25, 0.3) is 5.91 Å². The van der Waals surface area contributed by atoms with Gasteiger partial charge in [0.05, 0.1) is 18.0 Å². The molecule has 1 aromatic carbocycles. The van der Waals surface area contributed by atoms with Crippen LogP contribution in [0.5, 0.6) is 0 Å². The van der Waals surface area contributed by atoms with Crippen molar-refractivity contribution in [1.82, 2.24) is 4.90 Å². The van der Waals surface area contributed by atoms with Crippen molar-refractivity contribution in [3.63, 3.8) is 0 Å².